The van der Waals surface area contributed by atoms with Crippen molar-refractivity contribution in [3.63, 3.8) is 0 Å². The van der Waals surface area contributed by atoms with Crippen LogP contribution in [-0.2, 0) is 0 Å². The molecular weight excluding hydrogens is 402 g/mol. The summed E-state index contributed by atoms with van der Waals surface area (Å²) in [7, 11) is -1.35. The van der Waals surface area contributed by atoms with Crippen molar-refractivity contribution in [3.05, 3.63) is 97.2 Å². The van der Waals surface area contributed by atoms with Crippen LogP contribution in [0.4, 0.5) is 0 Å². The number of pyridine rings is 1. The van der Waals surface area contributed by atoms with Gasteiger partial charge >= 0.3 is 0 Å². The van der Waals surface area contributed by atoms with E-state index in [1.807, 2.05) is 6.20 Å². The topological polar surface area (TPSA) is 12.9 Å². The molecule has 0 aliphatic carbocycles. The maximum atomic E-state index is 4.90. The molecular formula is C30H25NSi. The third kappa shape index (κ3) is 3.02. The summed E-state index contributed by atoms with van der Waals surface area (Å²) in [5.74, 6) is 0. The normalized spacial score (nSPS) is 12.2. The molecule has 0 saturated heterocycles. The van der Waals surface area contributed by atoms with E-state index in [2.05, 4.69) is 111 Å². The fraction of sp³-hybridized carbons (Fsp3) is 0.100. The van der Waals surface area contributed by atoms with E-state index in [1.165, 1.54) is 53.8 Å². The number of rotatable bonds is 2. The molecule has 6 aromatic rings. The summed E-state index contributed by atoms with van der Waals surface area (Å²) < 4.78 is 0. The van der Waals surface area contributed by atoms with E-state index in [9.17, 15) is 0 Å². The smallest absolute Gasteiger partial charge is 0.0776 e. The molecule has 1 heterocycles. The average molecular weight is 428 g/mol. The maximum absolute atomic E-state index is 4.90. The van der Waals surface area contributed by atoms with Crippen LogP contribution in [-0.4, -0.2) is 13.1 Å². The van der Waals surface area contributed by atoms with Crippen LogP contribution in [0.25, 0.3) is 54.3 Å². The Morgan fingerprint density at radius 3 is 2.00 bits per heavy atom. The molecule has 5 aromatic carbocycles. The van der Waals surface area contributed by atoms with Crippen molar-refractivity contribution < 1.29 is 0 Å². The van der Waals surface area contributed by atoms with Gasteiger partial charge in [0.25, 0.3) is 0 Å². The van der Waals surface area contributed by atoms with Crippen molar-refractivity contribution in [1.29, 1.82) is 0 Å². The molecule has 0 saturated carbocycles. The predicted molar refractivity (Wildman–Crippen MR) is 143 cm³/mol. The first-order valence-corrected chi connectivity index (χ1v) is 14.7. The van der Waals surface area contributed by atoms with Gasteiger partial charge in [-0.05, 0) is 49.8 Å². The van der Waals surface area contributed by atoms with Gasteiger partial charge in [0.05, 0.1) is 13.8 Å². The Labute approximate surface area is 189 Å². The van der Waals surface area contributed by atoms with E-state index < -0.39 is 8.07 Å². The van der Waals surface area contributed by atoms with Crippen molar-refractivity contribution in [1.82, 2.24) is 4.98 Å². The van der Waals surface area contributed by atoms with Gasteiger partial charge in [-0.3, -0.25) is 4.98 Å². The molecule has 0 spiro atoms. The van der Waals surface area contributed by atoms with E-state index in [-0.39, 0.29) is 0 Å². The van der Waals surface area contributed by atoms with Gasteiger partial charge in [0.15, 0.2) is 0 Å². The summed E-state index contributed by atoms with van der Waals surface area (Å²) in [6.07, 6.45) is 2.03. The lowest BCUT2D eigenvalue weighted by Crippen LogP contribution is -2.37. The van der Waals surface area contributed by atoms with Crippen LogP contribution >= 0.6 is 0 Å². The highest BCUT2D eigenvalue weighted by atomic mass is 28.3. The highest BCUT2D eigenvalue weighted by Gasteiger charge is 2.17. The van der Waals surface area contributed by atoms with Gasteiger partial charge in [-0.15, -0.1) is 0 Å². The lowest BCUT2D eigenvalue weighted by atomic mass is 9.94. The molecule has 0 aliphatic rings. The van der Waals surface area contributed by atoms with Crippen molar-refractivity contribution in [2.24, 2.45) is 0 Å². The van der Waals surface area contributed by atoms with Gasteiger partial charge in [-0.1, -0.05) is 104 Å². The van der Waals surface area contributed by atoms with E-state index in [1.54, 1.807) is 0 Å². The Hall–Kier alpha value is -3.49. The maximum Gasteiger partial charge on any atom is 0.0776 e. The van der Waals surface area contributed by atoms with Crippen LogP contribution in [0.15, 0.2) is 97.2 Å². The van der Waals surface area contributed by atoms with Gasteiger partial charge in [-0.2, -0.15) is 0 Å². The molecule has 0 N–H and O–H groups in total. The second-order valence-electron chi connectivity index (χ2n) is 9.73. The standard InChI is InChI=1S/C30H25NSi/c1-32(2,3)23-14-15-25-21(16-23)12-13-22-19-31-30(18-28(22)25)29-17-20-8-4-5-9-24(20)26-10-6-7-11-27(26)29/h4-19H,1-3H3. The Morgan fingerprint density at radius 1 is 0.531 bits per heavy atom. The monoisotopic (exact) mass is 427 g/mol. The van der Waals surface area contributed by atoms with E-state index in [0.29, 0.717) is 0 Å². The summed E-state index contributed by atoms with van der Waals surface area (Å²) in [5, 5.41) is 11.6. The highest BCUT2D eigenvalue weighted by molar-refractivity contribution is 6.88. The zero-order valence-corrected chi connectivity index (χ0v) is 19.7. The Kier molecular flexibility index (Phi) is 4.21. The number of hydrogen-bond donors (Lipinski definition) is 0. The molecule has 0 bridgehead atoms. The fourth-order valence-corrected chi connectivity index (χ4v) is 6.01. The van der Waals surface area contributed by atoms with Gasteiger partial charge in [0.2, 0.25) is 0 Å². The number of hydrogen-bond acceptors (Lipinski definition) is 1. The minimum absolute atomic E-state index is 1.03. The van der Waals surface area contributed by atoms with E-state index in [4.69, 9.17) is 4.98 Å². The summed E-state index contributed by atoms with van der Waals surface area (Å²) in [4.78, 5) is 4.90. The van der Waals surface area contributed by atoms with Crippen LogP contribution in [0.1, 0.15) is 0 Å². The molecule has 0 aliphatic heterocycles. The van der Waals surface area contributed by atoms with Crippen LogP contribution in [0.3, 0.4) is 0 Å². The lowest BCUT2D eigenvalue weighted by Gasteiger charge is -2.17. The summed E-state index contributed by atoms with van der Waals surface area (Å²) in [6, 6.07) is 33.4. The second kappa shape index (κ2) is 7.01. The first-order valence-electron chi connectivity index (χ1n) is 11.2. The second-order valence-corrected chi connectivity index (χ2v) is 14.8. The summed E-state index contributed by atoms with van der Waals surface area (Å²) in [6.45, 7) is 7.21. The summed E-state index contributed by atoms with van der Waals surface area (Å²) in [5.41, 5.74) is 2.22. The minimum atomic E-state index is -1.35. The third-order valence-corrected chi connectivity index (χ3v) is 8.67. The van der Waals surface area contributed by atoms with Gasteiger partial charge < -0.3 is 0 Å². The summed E-state index contributed by atoms with van der Waals surface area (Å²) >= 11 is 0. The zero-order chi connectivity index (χ0) is 21.9. The number of benzene rings is 5. The van der Waals surface area contributed by atoms with Crippen LogP contribution in [0.5, 0.6) is 0 Å². The number of nitrogens with zero attached hydrogens (tertiary/aromatic N) is 1. The van der Waals surface area contributed by atoms with Crippen molar-refractivity contribution in [3.8, 4) is 11.3 Å². The van der Waals surface area contributed by atoms with Gasteiger partial charge in [0, 0.05) is 17.1 Å². The van der Waals surface area contributed by atoms with Crippen molar-refractivity contribution >= 4 is 56.4 Å². The highest BCUT2D eigenvalue weighted by Crippen LogP contribution is 2.36. The molecule has 2 heteroatoms. The lowest BCUT2D eigenvalue weighted by molar-refractivity contribution is 1.37. The van der Waals surface area contributed by atoms with Crippen LogP contribution in [0.2, 0.25) is 19.6 Å². The van der Waals surface area contributed by atoms with Gasteiger partial charge in [0.1, 0.15) is 0 Å². The van der Waals surface area contributed by atoms with Gasteiger partial charge in [-0.25, -0.2) is 0 Å². The number of fused-ring (bicyclic) bond motifs is 6. The third-order valence-electron chi connectivity index (χ3n) is 6.63. The molecule has 154 valence electrons. The van der Waals surface area contributed by atoms with Crippen LogP contribution < -0.4 is 5.19 Å². The Morgan fingerprint density at radius 2 is 1.19 bits per heavy atom. The molecule has 0 unspecified atom stereocenters. The van der Waals surface area contributed by atoms with E-state index >= 15 is 0 Å². The average Bonchev–Trinajstić information content (AvgIpc) is 2.82. The largest absolute Gasteiger partial charge is 0.256 e. The first kappa shape index (κ1) is 19.2. The predicted octanol–water partition coefficient (Wildman–Crippen LogP) is 7.91. The Bertz CT molecular complexity index is 1660. The fourth-order valence-electron chi connectivity index (χ4n) is 4.84. The molecule has 0 fully saturated rings. The molecule has 6 rings (SSSR count). The molecule has 1 nitrogen and oxygen atoms in total. The molecule has 0 atom stereocenters. The van der Waals surface area contributed by atoms with E-state index in [0.717, 1.165) is 5.69 Å². The van der Waals surface area contributed by atoms with Crippen molar-refractivity contribution in [2.75, 3.05) is 0 Å². The Balaban J connectivity index is 1.64. The molecule has 1 aromatic heterocycles. The van der Waals surface area contributed by atoms with Crippen LogP contribution in [0, 0.1) is 0 Å². The first-order chi connectivity index (χ1) is 15.5. The molecule has 0 radical (unpaired) electrons. The number of aromatic nitrogens is 1. The minimum Gasteiger partial charge on any atom is -0.256 e. The zero-order valence-electron chi connectivity index (χ0n) is 18.7. The van der Waals surface area contributed by atoms with Crippen molar-refractivity contribution in [2.45, 2.75) is 19.6 Å². The SMILES string of the molecule is C[Si](C)(C)c1ccc2c(ccc3cnc(-c4cc5ccccc5c5ccccc45)cc32)c1. The molecule has 0 amide bonds. The molecule has 32 heavy (non-hydrogen) atoms. The quantitative estimate of drug-likeness (QED) is 0.202.